The third-order valence-corrected chi connectivity index (χ3v) is 4.29. The highest BCUT2D eigenvalue weighted by molar-refractivity contribution is 6.32. The van der Waals surface area contributed by atoms with Crippen molar-refractivity contribution in [2.75, 3.05) is 6.61 Å². The maximum Gasteiger partial charge on any atom is 0.222 e. The van der Waals surface area contributed by atoms with E-state index < -0.39 is 0 Å². The minimum Gasteiger partial charge on any atom is -0.492 e. The second kappa shape index (κ2) is 7.02. The van der Waals surface area contributed by atoms with Crippen LogP contribution < -0.4 is 15.8 Å². The van der Waals surface area contributed by atoms with Crippen LogP contribution in [0, 0.1) is 0 Å². The zero-order valence-electron chi connectivity index (χ0n) is 12.7. The Morgan fingerprint density at radius 3 is 2.83 bits per heavy atom. The van der Waals surface area contributed by atoms with Crippen LogP contribution in [0.5, 0.6) is 5.75 Å². The zero-order valence-corrected chi connectivity index (χ0v) is 13.4. The minimum absolute atomic E-state index is 0.0702. The van der Waals surface area contributed by atoms with E-state index in [1.165, 1.54) is 0 Å². The SMILES string of the molecule is NC(CC(=O)NC1CCOc2c(Cl)cccc21)c1ccccc1. The molecule has 2 atom stereocenters. The van der Waals surface area contributed by atoms with Crippen molar-refractivity contribution in [1.82, 2.24) is 5.32 Å². The average molecular weight is 331 g/mol. The van der Waals surface area contributed by atoms with Gasteiger partial charge in [-0.2, -0.15) is 0 Å². The van der Waals surface area contributed by atoms with E-state index in [-0.39, 0.29) is 24.4 Å². The molecule has 1 heterocycles. The summed E-state index contributed by atoms with van der Waals surface area (Å²) in [7, 11) is 0. The Balaban J connectivity index is 1.67. The van der Waals surface area contributed by atoms with Gasteiger partial charge in [0.25, 0.3) is 0 Å². The average Bonchev–Trinajstić information content (AvgIpc) is 2.56. The highest BCUT2D eigenvalue weighted by Crippen LogP contribution is 2.37. The summed E-state index contributed by atoms with van der Waals surface area (Å²) < 4.78 is 5.61. The lowest BCUT2D eigenvalue weighted by molar-refractivity contribution is -0.122. The van der Waals surface area contributed by atoms with E-state index >= 15 is 0 Å². The third-order valence-electron chi connectivity index (χ3n) is 3.99. The molecule has 1 aliphatic rings. The molecule has 4 nitrogen and oxygen atoms in total. The lowest BCUT2D eigenvalue weighted by atomic mass is 9.99. The molecule has 0 aromatic heterocycles. The zero-order chi connectivity index (χ0) is 16.2. The second-order valence-corrected chi connectivity index (χ2v) is 6.04. The number of para-hydroxylation sites is 1. The molecule has 1 aliphatic heterocycles. The lowest BCUT2D eigenvalue weighted by Crippen LogP contribution is -2.34. The quantitative estimate of drug-likeness (QED) is 0.903. The van der Waals surface area contributed by atoms with Gasteiger partial charge in [0.1, 0.15) is 5.75 Å². The van der Waals surface area contributed by atoms with Gasteiger partial charge in [-0.25, -0.2) is 0 Å². The Bertz CT molecular complexity index is 691. The Hall–Kier alpha value is -2.04. The number of benzene rings is 2. The predicted molar refractivity (Wildman–Crippen MR) is 90.4 cm³/mol. The van der Waals surface area contributed by atoms with Gasteiger partial charge in [-0.3, -0.25) is 4.79 Å². The highest BCUT2D eigenvalue weighted by Gasteiger charge is 2.25. The van der Waals surface area contributed by atoms with E-state index in [1.54, 1.807) is 6.07 Å². The van der Waals surface area contributed by atoms with Crippen molar-refractivity contribution in [2.24, 2.45) is 5.73 Å². The van der Waals surface area contributed by atoms with Crippen LogP contribution in [-0.4, -0.2) is 12.5 Å². The van der Waals surface area contributed by atoms with Crippen molar-refractivity contribution in [3.63, 3.8) is 0 Å². The molecule has 5 heteroatoms. The van der Waals surface area contributed by atoms with Crippen LogP contribution in [0.1, 0.15) is 36.1 Å². The van der Waals surface area contributed by atoms with E-state index in [0.717, 1.165) is 17.5 Å². The number of carbonyl (C=O) groups excluding carboxylic acids is 1. The van der Waals surface area contributed by atoms with Crippen molar-refractivity contribution in [1.29, 1.82) is 0 Å². The first-order valence-corrected chi connectivity index (χ1v) is 8.04. The molecule has 0 aliphatic carbocycles. The Morgan fingerprint density at radius 2 is 2.04 bits per heavy atom. The number of halogens is 1. The highest BCUT2D eigenvalue weighted by atomic mass is 35.5. The molecular weight excluding hydrogens is 312 g/mol. The largest absolute Gasteiger partial charge is 0.492 e. The molecule has 0 saturated heterocycles. The molecule has 2 unspecified atom stereocenters. The number of carbonyl (C=O) groups is 1. The fraction of sp³-hybridized carbons (Fsp3) is 0.278. The first-order chi connectivity index (χ1) is 11.1. The van der Waals surface area contributed by atoms with Crippen LogP contribution >= 0.6 is 11.6 Å². The molecule has 3 N–H and O–H groups in total. The Labute approximate surface area is 140 Å². The summed E-state index contributed by atoms with van der Waals surface area (Å²) in [5, 5.41) is 3.62. The number of hydrogen-bond acceptors (Lipinski definition) is 3. The molecule has 0 spiro atoms. The van der Waals surface area contributed by atoms with Crippen molar-refractivity contribution < 1.29 is 9.53 Å². The number of amides is 1. The van der Waals surface area contributed by atoms with E-state index in [2.05, 4.69) is 5.32 Å². The number of nitrogens with one attached hydrogen (secondary N) is 1. The summed E-state index contributed by atoms with van der Waals surface area (Å²) in [6, 6.07) is 14.8. The molecule has 120 valence electrons. The third kappa shape index (κ3) is 3.66. The molecule has 0 bridgehead atoms. The van der Waals surface area contributed by atoms with Gasteiger partial charge in [-0.1, -0.05) is 54.1 Å². The number of fused-ring (bicyclic) bond motifs is 1. The summed E-state index contributed by atoms with van der Waals surface area (Å²) in [6.45, 7) is 0.534. The monoisotopic (exact) mass is 330 g/mol. The summed E-state index contributed by atoms with van der Waals surface area (Å²) in [5.74, 6) is 0.595. The predicted octanol–water partition coefficient (Wildman–Crippen LogP) is 3.37. The van der Waals surface area contributed by atoms with Crippen molar-refractivity contribution in [3.8, 4) is 5.75 Å². The van der Waals surface area contributed by atoms with Gasteiger partial charge in [0.15, 0.2) is 0 Å². The first kappa shape index (κ1) is 15.8. The van der Waals surface area contributed by atoms with Crippen molar-refractivity contribution in [3.05, 3.63) is 64.7 Å². The smallest absolute Gasteiger partial charge is 0.222 e. The molecule has 23 heavy (non-hydrogen) atoms. The van der Waals surface area contributed by atoms with Gasteiger partial charge in [-0.15, -0.1) is 0 Å². The summed E-state index contributed by atoms with van der Waals surface area (Å²) >= 11 is 6.15. The number of nitrogens with two attached hydrogens (primary N) is 1. The van der Waals surface area contributed by atoms with E-state index in [9.17, 15) is 4.79 Å². The number of rotatable bonds is 4. The van der Waals surface area contributed by atoms with Gasteiger partial charge < -0.3 is 15.8 Å². The molecular formula is C18H19ClN2O2. The molecule has 3 rings (SSSR count). The topological polar surface area (TPSA) is 64.4 Å². The van der Waals surface area contributed by atoms with Crippen LogP contribution in [0.2, 0.25) is 5.02 Å². The number of hydrogen-bond donors (Lipinski definition) is 2. The molecule has 0 fully saturated rings. The lowest BCUT2D eigenvalue weighted by Gasteiger charge is -2.27. The standard InChI is InChI=1S/C18H19ClN2O2/c19-14-8-4-7-13-16(9-10-23-18(13)14)21-17(22)11-15(20)12-5-2-1-3-6-12/h1-8,15-16H,9-11,20H2,(H,21,22). The fourth-order valence-corrected chi connectivity index (χ4v) is 3.04. The second-order valence-electron chi connectivity index (χ2n) is 5.64. The molecule has 0 saturated carbocycles. The first-order valence-electron chi connectivity index (χ1n) is 7.66. The van der Waals surface area contributed by atoms with Gasteiger partial charge in [0.2, 0.25) is 5.91 Å². The summed E-state index contributed by atoms with van der Waals surface area (Å²) in [6.07, 6.45) is 0.969. The van der Waals surface area contributed by atoms with Crippen LogP contribution in [0.4, 0.5) is 0 Å². The van der Waals surface area contributed by atoms with Crippen molar-refractivity contribution in [2.45, 2.75) is 24.9 Å². The van der Waals surface area contributed by atoms with Crippen LogP contribution in [0.25, 0.3) is 0 Å². The van der Waals surface area contributed by atoms with Crippen molar-refractivity contribution >= 4 is 17.5 Å². The van der Waals surface area contributed by atoms with E-state index in [1.807, 2.05) is 42.5 Å². The van der Waals surface area contributed by atoms with Crippen LogP contribution in [0.15, 0.2) is 48.5 Å². The van der Waals surface area contributed by atoms with Gasteiger partial charge in [0.05, 0.1) is 17.7 Å². The minimum atomic E-state index is -0.310. The van der Waals surface area contributed by atoms with E-state index in [4.69, 9.17) is 22.1 Å². The fourth-order valence-electron chi connectivity index (χ4n) is 2.81. The molecule has 2 aromatic carbocycles. The van der Waals surface area contributed by atoms with Gasteiger partial charge in [-0.05, 0) is 11.6 Å². The Morgan fingerprint density at radius 1 is 1.26 bits per heavy atom. The van der Waals surface area contributed by atoms with Gasteiger partial charge in [0, 0.05) is 24.4 Å². The molecule has 1 amide bonds. The van der Waals surface area contributed by atoms with E-state index in [0.29, 0.717) is 17.4 Å². The van der Waals surface area contributed by atoms with Crippen LogP contribution in [0.3, 0.4) is 0 Å². The normalized spacial score (nSPS) is 17.7. The summed E-state index contributed by atoms with van der Waals surface area (Å²) in [4.78, 5) is 12.3. The van der Waals surface area contributed by atoms with Crippen LogP contribution in [-0.2, 0) is 4.79 Å². The van der Waals surface area contributed by atoms with Gasteiger partial charge >= 0.3 is 0 Å². The Kier molecular flexibility index (Phi) is 4.84. The molecule has 0 radical (unpaired) electrons. The molecule has 2 aromatic rings. The number of ether oxygens (including phenoxy) is 1. The summed E-state index contributed by atoms with van der Waals surface area (Å²) in [5.41, 5.74) is 7.99. The maximum absolute atomic E-state index is 12.3. The maximum atomic E-state index is 12.3.